The molecule has 0 unspecified atom stereocenters. The Hall–Kier alpha value is -2.85. The third kappa shape index (κ3) is 5.44. The topological polar surface area (TPSA) is 87.2 Å². The van der Waals surface area contributed by atoms with Gasteiger partial charge in [0.25, 0.3) is 0 Å². The van der Waals surface area contributed by atoms with Crippen molar-refractivity contribution in [2.24, 2.45) is 0 Å². The third-order valence-electron chi connectivity index (χ3n) is 6.46. The molecule has 36 heavy (non-hydrogen) atoms. The summed E-state index contributed by atoms with van der Waals surface area (Å²) in [6, 6.07) is 8.15. The second-order valence-electron chi connectivity index (χ2n) is 9.02. The zero-order valence-electron chi connectivity index (χ0n) is 20.5. The maximum absolute atomic E-state index is 6.63. The van der Waals surface area contributed by atoms with Crippen LogP contribution in [0.5, 0.6) is 0 Å². The molecule has 188 valence electrons. The van der Waals surface area contributed by atoms with Crippen molar-refractivity contribution in [3.05, 3.63) is 52.3 Å². The molecule has 5 rings (SSSR count). The molecule has 0 saturated carbocycles. The van der Waals surface area contributed by atoms with Crippen LogP contribution in [-0.4, -0.2) is 59.8 Å². The van der Waals surface area contributed by atoms with Crippen molar-refractivity contribution in [3.8, 4) is 11.3 Å². The van der Waals surface area contributed by atoms with Gasteiger partial charge in [-0.1, -0.05) is 23.8 Å². The van der Waals surface area contributed by atoms with Crippen LogP contribution in [0.4, 0.5) is 23.1 Å². The number of nitrogens with zero attached hydrogens (tertiary/aromatic N) is 4. The number of aromatic nitrogens is 3. The average molecular weight is 524 g/mol. The predicted octanol–water partition coefficient (Wildman–Crippen LogP) is 4.53. The van der Waals surface area contributed by atoms with Gasteiger partial charge >= 0.3 is 0 Å². The number of anilines is 4. The Balaban J connectivity index is 1.45. The normalized spacial score (nSPS) is 15.1. The van der Waals surface area contributed by atoms with Crippen LogP contribution in [0.25, 0.3) is 11.3 Å². The molecule has 1 saturated heterocycles. The van der Waals surface area contributed by atoms with Gasteiger partial charge in [-0.3, -0.25) is 0 Å². The Bertz CT molecular complexity index is 1280. The van der Waals surface area contributed by atoms with E-state index in [2.05, 4.69) is 31.9 Å². The van der Waals surface area contributed by atoms with Crippen molar-refractivity contribution in [1.82, 2.24) is 20.3 Å². The highest BCUT2D eigenvalue weighted by atomic mass is 35.5. The van der Waals surface area contributed by atoms with Crippen LogP contribution in [0.15, 0.2) is 30.5 Å². The molecular formula is C26H30ClN7OS. The van der Waals surface area contributed by atoms with E-state index in [0.29, 0.717) is 12.4 Å². The molecule has 0 atom stereocenters. The first-order valence-corrected chi connectivity index (χ1v) is 13.0. The first-order valence-electron chi connectivity index (χ1n) is 12.2. The Labute approximate surface area is 221 Å². The molecule has 0 bridgehead atoms. The molecule has 2 aromatic heterocycles. The fourth-order valence-corrected chi connectivity index (χ4v) is 5.05. The van der Waals surface area contributed by atoms with E-state index >= 15 is 0 Å². The molecule has 2 aliphatic rings. The number of ether oxygens (including phenoxy) is 1. The number of halogens is 1. The second-order valence-corrected chi connectivity index (χ2v) is 9.92. The van der Waals surface area contributed by atoms with Crippen molar-refractivity contribution in [3.63, 3.8) is 0 Å². The lowest BCUT2D eigenvalue weighted by molar-refractivity contribution is 0.122. The minimum atomic E-state index is 0.517. The fraction of sp³-hybridized carbons (Fsp3) is 0.385. The van der Waals surface area contributed by atoms with Gasteiger partial charge in [0.1, 0.15) is 5.82 Å². The molecule has 3 N–H and O–H groups in total. The van der Waals surface area contributed by atoms with E-state index in [4.69, 9.17) is 38.5 Å². The number of hydrogen-bond donors (Lipinski definition) is 3. The fourth-order valence-electron chi connectivity index (χ4n) is 4.53. The number of morpholine rings is 1. The number of benzene rings is 1. The van der Waals surface area contributed by atoms with Crippen molar-refractivity contribution in [2.75, 3.05) is 55.4 Å². The summed E-state index contributed by atoms with van der Waals surface area (Å²) in [6.07, 6.45) is 4.30. The maximum Gasteiger partial charge on any atom is 0.227 e. The standard InChI is InChI=1S/C26H30ClN7OS/c1-16-21(5-6-23(30-16)34-8-10-35-11-9-34)32-26-29-15-18-13-24(36)31-22-14-20(27)17(4-3-7-28-2)12-19(22)25(18)33-26/h5-6,12,14-15,28H,3-4,7-11,13H2,1-2H3,(H,31,36)(H,29,32,33). The van der Waals surface area contributed by atoms with E-state index in [1.54, 1.807) is 0 Å². The molecule has 0 amide bonds. The second kappa shape index (κ2) is 11.0. The molecule has 3 aromatic rings. The van der Waals surface area contributed by atoms with Crippen LogP contribution < -0.4 is 20.9 Å². The number of hydrogen-bond acceptors (Lipinski definition) is 8. The molecule has 4 heterocycles. The molecule has 1 fully saturated rings. The summed E-state index contributed by atoms with van der Waals surface area (Å²) in [7, 11) is 1.96. The van der Waals surface area contributed by atoms with Gasteiger partial charge in [-0.05, 0) is 63.2 Å². The third-order valence-corrected chi connectivity index (χ3v) is 7.06. The Kier molecular flexibility index (Phi) is 7.62. The zero-order valence-corrected chi connectivity index (χ0v) is 22.1. The van der Waals surface area contributed by atoms with Crippen molar-refractivity contribution < 1.29 is 4.74 Å². The Morgan fingerprint density at radius 3 is 2.81 bits per heavy atom. The minimum absolute atomic E-state index is 0.517. The predicted molar refractivity (Wildman–Crippen MR) is 150 cm³/mol. The van der Waals surface area contributed by atoms with Gasteiger partial charge in [-0.15, -0.1) is 0 Å². The average Bonchev–Trinajstić information content (AvgIpc) is 3.01. The Morgan fingerprint density at radius 2 is 2.03 bits per heavy atom. The minimum Gasteiger partial charge on any atom is -0.378 e. The van der Waals surface area contributed by atoms with E-state index in [-0.39, 0.29) is 0 Å². The summed E-state index contributed by atoms with van der Waals surface area (Å²) >= 11 is 12.2. The van der Waals surface area contributed by atoms with E-state index in [1.165, 1.54) is 0 Å². The van der Waals surface area contributed by atoms with Gasteiger partial charge in [0.05, 0.1) is 35.3 Å². The van der Waals surface area contributed by atoms with E-state index in [0.717, 1.165) is 101 Å². The highest BCUT2D eigenvalue weighted by Gasteiger charge is 2.22. The first kappa shape index (κ1) is 24.8. The van der Waals surface area contributed by atoms with Crippen molar-refractivity contribution in [1.29, 1.82) is 0 Å². The van der Waals surface area contributed by atoms with Gasteiger partial charge in [0.2, 0.25) is 5.95 Å². The van der Waals surface area contributed by atoms with Gasteiger partial charge in [0, 0.05) is 47.5 Å². The van der Waals surface area contributed by atoms with Crippen LogP contribution in [0.3, 0.4) is 0 Å². The quantitative estimate of drug-likeness (QED) is 0.305. The molecular weight excluding hydrogens is 494 g/mol. The van der Waals surface area contributed by atoms with Crippen LogP contribution in [-0.2, 0) is 17.6 Å². The van der Waals surface area contributed by atoms with E-state index in [9.17, 15) is 0 Å². The van der Waals surface area contributed by atoms with Gasteiger partial charge in [-0.2, -0.15) is 0 Å². The van der Waals surface area contributed by atoms with Crippen molar-refractivity contribution >= 4 is 51.9 Å². The summed E-state index contributed by atoms with van der Waals surface area (Å²) in [4.78, 5) is 17.3. The smallest absolute Gasteiger partial charge is 0.227 e. The lowest BCUT2D eigenvalue weighted by Gasteiger charge is -2.28. The SMILES string of the molecule is CNCCCc1cc2c(cc1Cl)NC(=S)Cc1cnc(Nc3ccc(N4CCOCC4)nc3C)nc1-2. The largest absolute Gasteiger partial charge is 0.378 e. The molecule has 0 spiro atoms. The number of thiocarbonyl (C=S) groups is 1. The zero-order chi connectivity index (χ0) is 25.1. The molecule has 1 aromatic carbocycles. The number of aryl methyl sites for hydroxylation is 2. The number of fused-ring (bicyclic) bond motifs is 3. The van der Waals surface area contributed by atoms with E-state index < -0.39 is 0 Å². The van der Waals surface area contributed by atoms with Gasteiger partial charge in [-0.25, -0.2) is 15.0 Å². The lowest BCUT2D eigenvalue weighted by atomic mass is 10.00. The highest BCUT2D eigenvalue weighted by Crippen LogP contribution is 2.37. The first-order chi connectivity index (χ1) is 17.5. The molecule has 10 heteroatoms. The molecule has 8 nitrogen and oxygen atoms in total. The summed E-state index contributed by atoms with van der Waals surface area (Å²) in [5.41, 5.74) is 6.56. The summed E-state index contributed by atoms with van der Waals surface area (Å²) in [5, 5.41) is 10.6. The molecule has 0 aliphatic carbocycles. The summed E-state index contributed by atoms with van der Waals surface area (Å²) in [6.45, 7) is 6.08. The summed E-state index contributed by atoms with van der Waals surface area (Å²) in [5.74, 6) is 1.48. The van der Waals surface area contributed by atoms with E-state index in [1.807, 2.05) is 38.4 Å². The monoisotopic (exact) mass is 523 g/mol. The maximum atomic E-state index is 6.63. The number of nitrogens with one attached hydrogen (secondary N) is 3. The van der Waals surface area contributed by atoms with Gasteiger partial charge < -0.3 is 25.6 Å². The van der Waals surface area contributed by atoms with Crippen LogP contribution in [0.1, 0.15) is 23.2 Å². The molecule has 0 radical (unpaired) electrons. The van der Waals surface area contributed by atoms with Crippen LogP contribution >= 0.6 is 23.8 Å². The van der Waals surface area contributed by atoms with Crippen molar-refractivity contribution in [2.45, 2.75) is 26.2 Å². The number of rotatable bonds is 7. The number of pyridine rings is 1. The van der Waals surface area contributed by atoms with Crippen LogP contribution in [0, 0.1) is 6.92 Å². The van der Waals surface area contributed by atoms with Crippen LogP contribution in [0.2, 0.25) is 5.02 Å². The molecule has 2 aliphatic heterocycles. The van der Waals surface area contributed by atoms with Gasteiger partial charge in [0.15, 0.2) is 0 Å². The lowest BCUT2D eigenvalue weighted by Crippen LogP contribution is -2.36. The highest BCUT2D eigenvalue weighted by molar-refractivity contribution is 7.80. The summed E-state index contributed by atoms with van der Waals surface area (Å²) < 4.78 is 5.46. The Morgan fingerprint density at radius 1 is 1.19 bits per heavy atom.